The molecule has 0 heterocycles. The quantitative estimate of drug-likeness (QED) is 0.689. The zero-order chi connectivity index (χ0) is 10.4. The van der Waals surface area contributed by atoms with Gasteiger partial charge in [-0.1, -0.05) is 27.7 Å². The van der Waals surface area contributed by atoms with Crippen molar-refractivity contribution in [3.8, 4) is 0 Å². The van der Waals surface area contributed by atoms with Gasteiger partial charge in [-0.2, -0.15) is 0 Å². The Morgan fingerprint density at radius 2 is 1.62 bits per heavy atom. The molecule has 2 unspecified atom stereocenters. The summed E-state index contributed by atoms with van der Waals surface area (Å²) in [6, 6.07) is 0.458. The van der Waals surface area contributed by atoms with Crippen LogP contribution in [0.1, 0.15) is 34.6 Å². The number of likely N-dealkylation sites (N-methyl/N-ethyl adjacent to an activating group) is 1. The highest BCUT2D eigenvalue weighted by atomic mass is 16.5. The lowest BCUT2D eigenvalue weighted by Crippen LogP contribution is -2.46. The average Bonchev–Trinajstić information content (AvgIpc) is 2.03. The van der Waals surface area contributed by atoms with E-state index in [2.05, 4.69) is 39.9 Å². The Bertz CT molecular complexity index is 123. The van der Waals surface area contributed by atoms with Crippen molar-refractivity contribution in [2.45, 2.75) is 46.8 Å². The molecule has 0 rings (SSSR count). The topological polar surface area (TPSA) is 21.3 Å². The first-order chi connectivity index (χ1) is 6.04. The molecule has 0 aliphatic carbocycles. The second-order valence-electron chi connectivity index (χ2n) is 4.22. The number of hydrogen-bond acceptors (Lipinski definition) is 2. The van der Waals surface area contributed by atoms with Gasteiger partial charge in [0, 0.05) is 12.6 Å². The number of rotatable bonds is 6. The molecule has 0 spiro atoms. The summed E-state index contributed by atoms with van der Waals surface area (Å²) in [6.45, 7) is 11.8. The van der Waals surface area contributed by atoms with Crippen LogP contribution in [-0.2, 0) is 4.74 Å². The zero-order valence-electron chi connectivity index (χ0n) is 9.92. The second kappa shape index (κ2) is 6.39. The fourth-order valence-electron chi connectivity index (χ4n) is 1.78. The normalized spacial score (nSPS) is 16.6. The minimum absolute atomic E-state index is 0.329. The van der Waals surface area contributed by atoms with Crippen molar-refractivity contribution in [2.24, 2.45) is 11.8 Å². The van der Waals surface area contributed by atoms with E-state index in [1.54, 1.807) is 0 Å². The van der Waals surface area contributed by atoms with Crippen molar-refractivity contribution in [1.29, 1.82) is 0 Å². The molecule has 2 nitrogen and oxygen atoms in total. The molecule has 0 amide bonds. The lowest BCUT2D eigenvalue weighted by atomic mass is 9.91. The van der Waals surface area contributed by atoms with Gasteiger partial charge in [-0.3, -0.25) is 0 Å². The molecule has 0 saturated heterocycles. The van der Waals surface area contributed by atoms with Crippen molar-refractivity contribution in [2.75, 3.05) is 13.7 Å². The summed E-state index contributed by atoms with van der Waals surface area (Å²) in [6.07, 6.45) is 0.329. The molecule has 2 atom stereocenters. The predicted molar refractivity (Wildman–Crippen MR) is 57.9 cm³/mol. The van der Waals surface area contributed by atoms with Crippen LogP contribution in [0.4, 0.5) is 0 Å². The van der Waals surface area contributed by atoms with E-state index >= 15 is 0 Å². The maximum absolute atomic E-state index is 5.76. The largest absolute Gasteiger partial charge is 0.377 e. The summed E-state index contributed by atoms with van der Waals surface area (Å²) in [5.41, 5.74) is 0. The maximum Gasteiger partial charge on any atom is 0.0753 e. The van der Waals surface area contributed by atoms with Gasteiger partial charge in [-0.05, 0) is 25.8 Å². The van der Waals surface area contributed by atoms with E-state index in [1.807, 2.05) is 7.05 Å². The van der Waals surface area contributed by atoms with Crippen molar-refractivity contribution in [3.05, 3.63) is 0 Å². The fraction of sp³-hybridized carbons (Fsp3) is 1.00. The van der Waals surface area contributed by atoms with Gasteiger partial charge in [0.1, 0.15) is 0 Å². The summed E-state index contributed by atoms with van der Waals surface area (Å²) in [7, 11) is 2.01. The number of ether oxygens (including phenoxy) is 1. The van der Waals surface area contributed by atoms with Crippen molar-refractivity contribution >= 4 is 0 Å². The van der Waals surface area contributed by atoms with Gasteiger partial charge in [0.15, 0.2) is 0 Å². The summed E-state index contributed by atoms with van der Waals surface area (Å²) in [5.74, 6) is 1.18. The van der Waals surface area contributed by atoms with Crippen molar-refractivity contribution in [1.82, 2.24) is 5.32 Å². The maximum atomic E-state index is 5.76. The molecule has 1 N–H and O–H groups in total. The smallest absolute Gasteiger partial charge is 0.0753 e. The van der Waals surface area contributed by atoms with Crippen molar-refractivity contribution in [3.63, 3.8) is 0 Å². The Labute approximate surface area is 83.1 Å². The monoisotopic (exact) mass is 187 g/mol. The number of hydrogen-bond donors (Lipinski definition) is 1. The van der Waals surface area contributed by atoms with Crippen LogP contribution >= 0.6 is 0 Å². The van der Waals surface area contributed by atoms with Gasteiger partial charge >= 0.3 is 0 Å². The van der Waals surface area contributed by atoms with Gasteiger partial charge in [-0.25, -0.2) is 0 Å². The van der Waals surface area contributed by atoms with Crippen LogP contribution in [-0.4, -0.2) is 25.8 Å². The fourth-order valence-corrected chi connectivity index (χ4v) is 1.78. The highest BCUT2D eigenvalue weighted by molar-refractivity contribution is 4.80. The third-order valence-corrected chi connectivity index (χ3v) is 2.42. The number of nitrogens with one attached hydrogen (secondary N) is 1. The minimum Gasteiger partial charge on any atom is -0.377 e. The van der Waals surface area contributed by atoms with E-state index in [1.165, 1.54) is 0 Å². The first-order valence-corrected chi connectivity index (χ1v) is 5.33. The standard InChI is InChI=1S/C11H25NO/c1-7-13-11(9(4)5)10(12-6)8(2)3/h8-12H,7H2,1-6H3. The van der Waals surface area contributed by atoms with E-state index in [0.717, 1.165) is 6.61 Å². The third-order valence-electron chi connectivity index (χ3n) is 2.42. The van der Waals surface area contributed by atoms with Gasteiger partial charge < -0.3 is 10.1 Å². The van der Waals surface area contributed by atoms with Crippen LogP contribution < -0.4 is 5.32 Å². The van der Waals surface area contributed by atoms with E-state index in [-0.39, 0.29) is 0 Å². The van der Waals surface area contributed by atoms with Crippen LogP contribution in [0, 0.1) is 11.8 Å². The van der Waals surface area contributed by atoms with Crippen LogP contribution in [0.15, 0.2) is 0 Å². The Hall–Kier alpha value is -0.0800. The SMILES string of the molecule is CCOC(C(C)C)C(NC)C(C)C. The summed E-state index contributed by atoms with van der Waals surface area (Å²) in [4.78, 5) is 0. The van der Waals surface area contributed by atoms with Crippen LogP contribution in [0.5, 0.6) is 0 Å². The lowest BCUT2D eigenvalue weighted by Gasteiger charge is -2.32. The average molecular weight is 187 g/mol. The predicted octanol–water partition coefficient (Wildman–Crippen LogP) is 2.29. The molecule has 0 aromatic heterocycles. The molecular formula is C11H25NO. The van der Waals surface area contributed by atoms with Crippen LogP contribution in [0.2, 0.25) is 0 Å². The van der Waals surface area contributed by atoms with Gasteiger partial charge in [-0.15, -0.1) is 0 Å². The molecule has 0 fully saturated rings. The zero-order valence-corrected chi connectivity index (χ0v) is 9.92. The molecule has 0 aromatic rings. The Kier molecular flexibility index (Phi) is 6.35. The summed E-state index contributed by atoms with van der Waals surface area (Å²) < 4.78 is 5.76. The van der Waals surface area contributed by atoms with Gasteiger partial charge in [0.2, 0.25) is 0 Å². The van der Waals surface area contributed by atoms with Crippen LogP contribution in [0.25, 0.3) is 0 Å². The lowest BCUT2D eigenvalue weighted by molar-refractivity contribution is -0.00590. The first kappa shape index (κ1) is 12.9. The molecule has 0 aliphatic rings. The summed E-state index contributed by atoms with van der Waals surface area (Å²) >= 11 is 0. The minimum atomic E-state index is 0.329. The Morgan fingerprint density at radius 3 is 1.85 bits per heavy atom. The molecule has 0 aromatic carbocycles. The van der Waals surface area contributed by atoms with Gasteiger partial charge in [0.05, 0.1) is 6.10 Å². The van der Waals surface area contributed by atoms with E-state index in [9.17, 15) is 0 Å². The molecule has 13 heavy (non-hydrogen) atoms. The van der Waals surface area contributed by atoms with Gasteiger partial charge in [0.25, 0.3) is 0 Å². The molecule has 0 saturated carbocycles. The highest BCUT2D eigenvalue weighted by Gasteiger charge is 2.25. The second-order valence-corrected chi connectivity index (χ2v) is 4.22. The molecule has 0 radical (unpaired) electrons. The molecule has 0 bridgehead atoms. The Morgan fingerprint density at radius 1 is 1.08 bits per heavy atom. The summed E-state index contributed by atoms with van der Waals surface area (Å²) in [5, 5.41) is 3.34. The van der Waals surface area contributed by atoms with E-state index in [4.69, 9.17) is 4.74 Å². The molecule has 2 heteroatoms. The molecular weight excluding hydrogens is 162 g/mol. The highest BCUT2D eigenvalue weighted by Crippen LogP contribution is 2.16. The third kappa shape index (κ3) is 4.10. The van der Waals surface area contributed by atoms with Crippen molar-refractivity contribution < 1.29 is 4.74 Å². The van der Waals surface area contributed by atoms with Crippen LogP contribution in [0.3, 0.4) is 0 Å². The van der Waals surface area contributed by atoms with E-state index < -0.39 is 0 Å². The first-order valence-electron chi connectivity index (χ1n) is 5.33. The molecule has 80 valence electrons. The Balaban J connectivity index is 4.29. The van der Waals surface area contributed by atoms with E-state index in [0.29, 0.717) is 24.0 Å². The molecule has 0 aliphatic heterocycles.